The molecule has 0 aromatic heterocycles. The Morgan fingerprint density at radius 3 is 1.27 bits per heavy atom. The van der Waals surface area contributed by atoms with Crippen LogP contribution in [0.3, 0.4) is 0 Å². The van der Waals surface area contributed by atoms with Crippen molar-refractivity contribution in [1.29, 1.82) is 0 Å². The zero-order chi connectivity index (χ0) is 15.9. The highest BCUT2D eigenvalue weighted by molar-refractivity contribution is 6.40. The van der Waals surface area contributed by atoms with Crippen LogP contribution >= 0.6 is 0 Å². The molecule has 2 fully saturated rings. The van der Waals surface area contributed by atoms with Crippen LogP contribution in [0.1, 0.15) is 91.9 Å². The van der Waals surface area contributed by atoms with E-state index in [1.54, 1.807) is 0 Å². The molecule has 126 valence electrons. The SMILES string of the molecule is CC(=NC(C)C1CCCCC1)C(C)=N[C@@H](C)C1CCCCC1. The van der Waals surface area contributed by atoms with Crippen molar-refractivity contribution in [2.45, 2.75) is 104 Å². The van der Waals surface area contributed by atoms with E-state index in [1.165, 1.54) is 75.6 Å². The molecule has 0 radical (unpaired) electrons. The Morgan fingerprint density at radius 2 is 0.955 bits per heavy atom. The van der Waals surface area contributed by atoms with Crippen molar-refractivity contribution in [3.63, 3.8) is 0 Å². The zero-order valence-electron chi connectivity index (χ0n) is 15.3. The molecule has 2 aliphatic carbocycles. The summed E-state index contributed by atoms with van der Waals surface area (Å²) in [5.74, 6) is 1.60. The van der Waals surface area contributed by atoms with Gasteiger partial charge in [-0.05, 0) is 65.2 Å². The molecule has 0 aromatic rings. The number of nitrogens with zero attached hydrogens (tertiary/aromatic N) is 2. The van der Waals surface area contributed by atoms with Crippen LogP contribution < -0.4 is 0 Å². The topological polar surface area (TPSA) is 24.7 Å². The van der Waals surface area contributed by atoms with Gasteiger partial charge >= 0.3 is 0 Å². The maximum Gasteiger partial charge on any atom is 0.0528 e. The van der Waals surface area contributed by atoms with Gasteiger partial charge < -0.3 is 0 Å². The summed E-state index contributed by atoms with van der Waals surface area (Å²) in [7, 11) is 0. The van der Waals surface area contributed by atoms with Crippen LogP contribution in [0.5, 0.6) is 0 Å². The minimum absolute atomic E-state index is 0.468. The third kappa shape index (κ3) is 5.21. The third-order valence-corrected chi connectivity index (χ3v) is 5.98. The summed E-state index contributed by atoms with van der Waals surface area (Å²) in [6.07, 6.45) is 13.9. The number of rotatable bonds is 5. The molecule has 0 saturated heterocycles. The van der Waals surface area contributed by atoms with E-state index in [0.717, 1.165) is 11.8 Å². The first-order valence-electron chi connectivity index (χ1n) is 9.67. The Labute approximate surface area is 137 Å². The summed E-state index contributed by atoms with van der Waals surface area (Å²) in [4.78, 5) is 9.97. The van der Waals surface area contributed by atoms with E-state index in [0.29, 0.717) is 12.1 Å². The number of hydrogen-bond acceptors (Lipinski definition) is 2. The minimum atomic E-state index is 0.468. The average Bonchev–Trinajstić information content (AvgIpc) is 2.56. The fraction of sp³-hybridized carbons (Fsp3) is 0.900. The lowest BCUT2D eigenvalue weighted by Crippen LogP contribution is -2.23. The summed E-state index contributed by atoms with van der Waals surface area (Å²) in [5, 5.41) is 0. The smallest absolute Gasteiger partial charge is 0.0528 e. The lowest BCUT2D eigenvalue weighted by atomic mass is 9.84. The number of aliphatic imine (C=N–C) groups is 2. The standard InChI is InChI=1S/C20H36N2/c1-15(21-17(3)19-11-7-5-8-12-19)16(2)22-18(4)20-13-9-6-10-14-20/h17-20H,5-14H2,1-4H3/t17-,18?/m0/s1. The van der Waals surface area contributed by atoms with Gasteiger partial charge in [0.1, 0.15) is 0 Å². The van der Waals surface area contributed by atoms with E-state index in [4.69, 9.17) is 9.98 Å². The van der Waals surface area contributed by atoms with Crippen molar-refractivity contribution >= 4 is 11.4 Å². The van der Waals surface area contributed by atoms with Crippen LogP contribution in [0.4, 0.5) is 0 Å². The second kappa shape index (κ2) is 8.84. The highest BCUT2D eigenvalue weighted by atomic mass is 14.9. The molecule has 2 nitrogen and oxygen atoms in total. The molecule has 2 aliphatic rings. The molecule has 2 atom stereocenters. The van der Waals surface area contributed by atoms with E-state index < -0.39 is 0 Å². The lowest BCUT2D eigenvalue weighted by Gasteiger charge is -2.26. The first-order chi connectivity index (χ1) is 10.6. The van der Waals surface area contributed by atoms with Crippen LogP contribution in [-0.4, -0.2) is 23.5 Å². The van der Waals surface area contributed by atoms with Crippen LogP contribution in [-0.2, 0) is 0 Å². The van der Waals surface area contributed by atoms with Gasteiger partial charge in [0.25, 0.3) is 0 Å². The summed E-state index contributed by atoms with van der Waals surface area (Å²) in [6.45, 7) is 8.92. The van der Waals surface area contributed by atoms with Crippen molar-refractivity contribution in [2.24, 2.45) is 21.8 Å². The van der Waals surface area contributed by atoms with E-state index in [9.17, 15) is 0 Å². The maximum absolute atomic E-state index is 4.98. The molecular formula is C20H36N2. The van der Waals surface area contributed by atoms with Gasteiger partial charge in [0.05, 0.1) is 23.5 Å². The molecule has 0 heterocycles. The van der Waals surface area contributed by atoms with Crippen LogP contribution in [0.2, 0.25) is 0 Å². The summed E-state index contributed by atoms with van der Waals surface area (Å²) >= 11 is 0. The highest BCUT2D eigenvalue weighted by Crippen LogP contribution is 2.29. The van der Waals surface area contributed by atoms with Gasteiger partial charge in [-0.25, -0.2) is 0 Å². The highest BCUT2D eigenvalue weighted by Gasteiger charge is 2.21. The second-order valence-electron chi connectivity index (χ2n) is 7.71. The quantitative estimate of drug-likeness (QED) is 0.569. The molecule has 0 aromatic carbocycles. The summed E-state index contributed by atoms with van der Waals surface area (Å²) in [6, 6.07) is 0.936. The van der Waals surface area contributed by atoms with Crippen molar-refractivity contribution in [1.82, 2.24) is 0 Å². The van der Waals surface area contributed by atoms with Gasteiger partial charge in [0.15, 0.2) is 0 Å². The monoisotopic (exact) mass is 304 g/mol. The Bertz CT molecular complexity index is 347. The minimum Gasteiger partial charge on any atom is -0.285 e. The van der Waals surface area contributed by atoms with Gasteiger partial charge in [-0.15, -0.1) is 0 Å². The number of hydrogen-bond donors (Lipinski definition) is 0. The van der Waals surface area contributed by atoms with Gasteiger partial charge in [0.2, 0.25) is 0 Å². The maximum atomic E-state index is 4.98. The van der Waals surface area contributed by atoms with E-state index in [-0.39, 0.29) is 0 Å². The van der Waals surface area contributed by atoms with Crippen LogP contribution in [0, 0.1) is 11.8 Å². The Balaban J connectivity index is 1.92. The molecule has 0 amide bonds. The van der Waals surface area contributed by atoms with E-state index >= 15 is 0 Å². The zero-order valence-corrected chi connectivity index (χ0v) is 15.3. The van der Waals surface area contributed by atoms with Gasteiger partial charge in [-0.1, -0.05) is 38.5 Å². The van der Waals surface area contributed by atoms with E-state index in [2.05, 4.69) is 27.7 Å². The van der Waals surface area contributed by atoms with Crippen molar-refractivity contribution in [3.8, 4) is 0 Å². The van der Waals surface area contributed by atoms with Crippen molar-refractivity contribution in [3.05, 3.63) is 0 Å². The van der Waals surface area contributed by atoms with Crippen LogP contribution in [0.25, 0.3) is 0 Å². The molecule has 0 N–H and O–H groups in total. The summed E-state index contributed by atoms with van der Waals surface area (Å²) in [5.41, 5.74) is 2.33. The fourth-order valence-electron chi connectivity index (χ4n) is 4.24. The first kappa shape index (κ1) is 17.7. The van der Waals surface area contributed by atoms with Crippen LogP contribution in [0.15, 0.2) is 9.98 Å². The first-order valence-corrected chi connectivity index (χ1v) is 9.67. The predicted octanol–water partition coefficient (Wildman–Crippen LogP) is 5.85. The average molecular weight is 305 g/mol. The molecular weight excluding hydrogens is 268 g/mol. The lowest BCUT2D eigenvalue weighted by molar-refractivity contribution is 0.317. The molecule has 1 unspecified atom stereocenters. The second-order valence-corrected chi connectivity index (χ2v) is 7.71. The molecule has 2 saturated carbocycles. The molecule has 0 bridgehead atoms. The van der Waals surface area contributed by atoms with E-state index in [1.807, 2.05) is 0 Å². The van der Waals surface area contributed by atoms with Gasteiger partial charge in [-0.2, -0.15) is 0 Å². The van der Waals surface area contributed by atoms with Crippen molar-refractivity contribution in [2.75, 3.05) is 0 Å². The Morgan fingerprint density at radius 1 is 0.636 bits per heavy atom. The third-order valence-electron chi connectivity index (χ3n) is 5.98. The van der Waals surface area contributed by atoms with Gasteiger partial charge in [-0.3, -0.25) is 9.98 Å². The van der Waals surface area contributed by atoms with Gasteiger partial charge in [0, 0.05) is 0 Å². The summed E-state index contributed by atoms with van der Waals surface area (Å²) < 4.78 is 0. The molecule has 2 rings (SSSR count). The molecule has 0 aliphatic heterocycles. The fourth-order valence-corrected chi connectivity index (χ4v) is 4.24. The largest absolute Gasteiger partial charge is 0.285 e. The molecule has 0 spiro atoms. The molecule has 22 heavy (non-hydrogen) atoms. The Kier molecular flexibility index (Phi) is 7.11. The van der Waals surface area contributed by atoms with Crippen molar-refractivity contribution < 1.29 is 0 Å². The predicted molar refractivity (Wildman–Crippen MR) is 98.3 cm³/mol. The molecule has 2 heteroatoms. The Hall–Kier alpha value is -0.660. The normalized spacial score (nSPS) is 26.0.